The Morgan fingerprint density at radius 1 is 1.22 bits per heavy atom. The first-order chi connectivity index (χ1) is 12.9. The zero-order chi connectivity index (χ0) is 19.8. The summed E-state index contributed by atoms with van der Waals surface area (Å²) in [6.45, 7) is -0.565. The first kappa shape index (κ1) is 19.5. The lowest BCUT2D eigenvalue weighted by molar-refractivity contribution is -0.384. The summed E-state index contributed by atoms with van der Waals surface area (Å²) in [5, 5.41) is 22.1. The Labute approximate surface area is 153 Å². The summed E-state index contributed by atoms with van der Waals surface area (Å²) in [4.78, 5) is 33.6. The third kappa shape index (κ3) is 5.89. The maximum atomic E-state index is 12.8. The highest BCUT2D eigenvalue weighted by Gasteiger charge is 2.14. The van der Waals surface area contributed by atoms with E-state index in [-0.39, 0.29) is 29.2 Å². The number of nitriles is 1. The van der Waals surface area contributed by atoms with Crippen LogP contribution in [0.3, 0.4) is 0 Å². The Hall–Kier alpha value is -3.80. The number of carbonyl (C=O) groups excluding carboxylic acids is 2. The molecule has 1 amide bonds. The minimum atomic E-state index is -0.685. The first-order valence-electron chi connectivity index (χ1n) is 7.77. The van der Waals surface area contributed by atoms with Crippen molar-refractivity contribution in [3.63, 3.8) is 0 Å². The predicted octanol–water partition coefficient (Wildman–Crippen LogP) is 2.72. The van der Waals surface area contributed by atoms with Crippen molar-refractivity contribution in [1.29, 1.82) is 5.26 Å². The molecule has 0 spiro atoms. The van der Waals surface area contributed by atoms with Crippen LogP contribution in [0.15, 0.2) is 42.5 Å². The fourth-order valence-corrected chi connectivity index (χ4v) is 2.15. The van der Waals surface area contributed by atoms with Crippen LogP contribution in [-0.2, 0) is 20.7 Å². The summed E-state index contributed by atoms with van der Waals surface area (Å²) in [6.07, 6.45) is 0.349. The number of ether oxygens (including phenoxy) is 1. The second kappa shape index (κ2) is 9.05. The lowest BCUT2D eigenvalue weighted by Gasteiger charge is -2.08. The van der Waals surface area contributed by atoms with E-state index in [1.807, 2.05) is 0 Å². The number of nitrogens with zero attached hydrogens (tertiary/aromatic N) is 2. The summed E-state index contributed by atoms with van der Waals surface area (Å²) < 4.78 is 17.6. The number of rotatable bonds is 7. The summed E-state index contributed by atoms with van der Waals surface area (Å²) in [5.41, 5.74) is 0.467. The number of amides is 1. The molecule has 0 saturated carbocycles. The monoisotopic (exact) mass is 371 g/mol. The number of anilines is 1. The van der Waals surface area contributed by atoms with Crippen LogP contribution in [0.5, 0.6) is 0 Å². The Morgan fingerprint density at radius 2 is 1.93 bits per heavy atom. The summed E-state index contributed by atoms with van der Waals surface area (Å²) >= 11 is 0. The summed E-state index contributed by atoms with van der Waals surface area (Å²) in [7, 11) is 0. The van der Waals surface area contributed by atoms with Crippen LogP contribution < -0.4 is 5.32 Å². The van der Waals surface area contributed by atoms with E-state index in [9.17, 15) is 24.1 Å². The van der Waals surface area contributed by atoms with Crippen LogP contribution >= 0.6 is 0 Å². The van der Waals surface area contributed by atoms with Gasteiger partial charge in [0.2, 0.25) is 0 Å². The van der Waals surface area contributed by atoms with Crippen molar-refractivity contribution in [2.75, 3.05) is 11.9 Å². The number of carbonyl (C=O) groups is 2. The van der Waals surface area contributed by atoms with Crippen LogP contribution in [-0.4, -0.2) is 23.4 Å². The van der Waals surface area contributed by atoms with E-state index in [0.29, 0.717) is 6.42 Å². The fraction of sp³-hybridized carbons (Fsp3) is 0.167. The maximum absolute atomic E-state index is 12.8. The van der Waals surface area contributed by atoms with Gasteiger partial charge in [0.15, 0.2) is 6.61 Å². The van der Waals surface area contributed by atoms with E-state index in [2.05, 4.69) is 5.32 Å². The van der Waals surface area contributed by atoms with Gasteiger partial charge in [-0.1, -0.05) is 12.1 Å². The number of hydrogen-bond acceptors (Lipinski definition) is 6. The molecule has 138 valence electrons. The number of benzene rings is 2. The van der Waals surface area contributed by atoms with Gasteiger partial charge in [-0.25, -0.2) is 4.39 Å². The minimum Gasteiger partial charge on any atom is -0.456 e. The number of aryl methyl sites for hydroxylation is 1. The SMILES string of the molecule is N#Cc1cc([N+](=O)[O-])ccc1NC(=O)COC(=O)CCc1ccc(F)cc1. The van der Waals surface area contributed by atoms with Crippen molar-refractivity contribution < 1.29 is 23.6 Å². The molecule has 2 rings (SSSR count). The van der Waals surface area contributed by atoms with E-state index in [1.54, 1.807) is 18.2 Å². The van der Waals surface area contributed by atoms with E-state index in [1.165, 1.54) is 18.2 Å². The second-order valence-corrected chi connectivity index (χ2v) is 5.43. The molecule has 0 bridgehead atoms. The molecule has 0 aromatic heterocycles. The molecule has 0 aliphatic rings. The Balaban J connectivity index is 1.83. The fourth-order valence-electron chi connectivity index (χ4n) is 2.15. The van der Waals surface area contributed by atoms with Crippen LogP contribution in [0, 0.1) is 27.3 Å². The highest BCUT2D eigenvalue weighted by molar-refractivity contribution is 5.94. The molecule has 0 radical (unpaired) electrons. The molecule has 0 fully saturated rings. The maximum Gasteiger partial charge on any atom is 0.306 e. The number of non-ortho nitro benzene ring substituents is 1. The molecule has 27 heavy (non-hydrogen) atoms. The standard InChI is InChI=1S/C18H14FN3O5/c19-14-4-1-12(2-5-14)3-8-18(24)27-11-17(23)21-16-7-6-15(22(25)26)9-13(16)10-20/h1-2,4-7,9H,3,8,11H2,(H,21,23). The van der Waals surface area contributed by atoms with Gasteiger partial charge in [0, 0.05) is 18.6 Å². The molecule has 2 aromatic rings. The van der Waals surface area contributed by atoms with Crippen LogP contribution in [0.4, 0.5) is 15.8 Å². The number of esters is 1. The largest absolute Gasteiger partial charge is 0.456 e. The number of hydrogen-bond donors (Lipinski definition) is 1. The molecule has 0 atom stereocenters. The molecular formula is C18H14FN3O5. The van der Waals surface area contributed by atoms with Gasteiger partial charge in [0.1, 0.15) is 11.9 Å². The minimum absolute atomic E-state index is 0.0138. The van der Waals surface area contributed by atoms with E-state index in [0.717, 1.165) is 17.7 Å². The lowest BCUT2D eigenvalue weighted by Crippen LogP contribution is -2.21. The van der Waals surface area contributed by atoms with Gasteiger partial charge in [-0.3, -0.25) is 19.7 Å². The average Bonchev–Trinajstić information content (AvgIpc) is 2.66. The van der Waals surface area contributed by atoms with Crippen LogP contribution in [0.2, 0.25) is 0 Å². The smallest absolute Gasteiger partial charge is 0.306 e. The van der Waals surface area contributed by atoms with Gasteiger partial charge in [-0.05, 0) is 30.2 Å². The van der Waals surface area contributed by atoms with Crippen LogP contribution in [0.1, 0.15) is 17.5 Å². The topological polar surface area (TPSA) is 122 Å². The van der Waals surface area contributed by atoms with Crippen molar-refractivity contribution >= 4 is 23.3 Å². The Kier molecular flexibility index (Phi) is 6.55. The van der Waals surface area contributed by atoms with Gasteiger partial charge >= 0.3 is 5.97 Å². The molecule has 0 heterocycles. The van der Waals surface area contributed by atoms with Gasteiger partial charge in [0.25, 0.3) is 11.6 Å². The highest BCUT2D eigenvalue weighted by atomic mass is 19.1. The molecule has 0 aliphatic carbocycles. The average molecular weight is 371 g/mol. The lowest BCUT2D eigenvalue weighted by atomic mass is 10.1. The van der Waals surface area contributed by atoms with Crippen molar-refractivity contribution in [2.45, 2.75) is 12.8 Å². The van der Waals surface area contributed by atoms with Crippen molar-refractivity contribution in [1.82, 2.24) is 0 Å². The summed E-state index contributed by atoms with van der Waals surface area (Å²) in [6, 6.07) is 10.8. The predicted molar refractivity (Wildman–Crippen MR) is 92.1 cm³/mol. The third-order valence-electron chi connectivity index (χ3n) is 3.50. The molecule has 1 N–H and O–H groups in total. The van der Waals surface area contributed by atoms with Gasteiger partial charge in [0.05, 0.1) is 16.2 Å². The Morgan fingerprint density at radius 3 is 2.56 bits per heavy atom. The molecule has 2 aromatic carbocycles. The molecule has 8 nitrogen and oxygen atoms in total. The number of nitro groups is 1. The Bertz CT molecular complexity index is 906. The zero-order valence-electron chi connectivity index (χ0n) is 14.0. The number of nitrogens with one attached hydrogen (secondary N) is 1. The van der Waals surface area contributed by atoms with Crippen molar-refractivity contribution in [3.8, 4) is 6.07 Å². The van der Waals surface area contributed by atoms with E-state index in [4.69, 9.17) is 10.00 Å². The zero-order valence-corrected chi connectivity index (χ0v) is 14.0. The molecular weight excluding hydrogens is 357 g/mol. The quantitative estimate of drug-likeness (QED) is 0.453. The van der Waals surface area contributed by atoms with Crippen molar-refractivity contribution in [3.05, 3.63) is 69.5 Å². The van der Waals surface area contributed by atoms with E-state index < -0.39 is 23.4 Å². The molecule has 0 unspecified atom stereocenters. The summed E-state index contributed by atoms with van der Waals surface area (Å²) in [5.74, 6) is -1.67. The van der Waals surface area contributed by atoms with E-state index >= 15 is 0 Å². The number of nitro benzene ring substituents is 1. The normalized spacial score (nSPS) is 9.93. The second-order valence-electron chi connectivity index (χ2n) is 5.43. The molecule has 0 aliphatic heterocycles. The van der Waals surface area contributed by atoms with Gasteiger partial charge in [-0.2, -0.15) is 5.26 Å². The van der Waals surface area contributed by atoms with Gasteiger partial charge < -0.3 is 10.1 Å². The molecule has 0 saturated heterocycles. The van der Waals surface area contributed by atoms with Crippen molar-refractivity contribution in [2.24, 2.45) is 0 Å². The highest BCUT2D eigenvalue weighted by Crippen LogP contribution is 2.21. The molecule has 9 heteroatoms. The first-order valence-corrected chi connectivity index (χ1v) is 7.77. The number of halogens is 1. The van der Waals surface area contributed by atoms with Gasteiger partial charge in [-0.15, -0.1) is 0 Å². The van der Waals surface area contributed by atoms with Crippen LogP contribution in [0.25, 0.3) is 0 Å². The third-order valence-corrected chi connectivity index (χ3v) is 3.50.